The van der Waals surface area contributed by atoms with Crippen LogP contribution in [0, 0.1) is 0 Å². The molecule has 1 heteroatoms. The van der Waals surface area contributed by atoms with Crippen molar-refractivity contribution in [2.75, 3.05) is 0 Å². The summed E-state index contributed by atoms with van der Waals surface area (Å²) in [6, 6.07) is 11.4. The Morgan fingerprint density at radius 1 is 1.11 bits per heavy atom. The highest BCUT2D eigenvalue weighted by Crippen LogP contribution is 2.35. The zero-order valence-electron chi connectivity index (χ0n) is 11.1. The van der Waals surface area contributed by atoms with Crippen molar-refractivity contribution < 1.29 is 0 Å². The predicted molar refractivity (Wildman–Crippen MR) is 77.8 cm³/mol. The second-order valence-corrected chi connectivity index (χ2v) is 5.40. The Balaban J connectivity index is 2.09. The molecule has 2 aromatic carbocycles. The van der Waals surface area contributed by atoms with E-state index in [2.05, 4.69) is 37.3 Å². The Morgan fingerprint density at radius 2 is 1.89 bits per heavy atom. The molecular formula is C17H21N. The first-order valence-corrected chi connectivity index (χ1v) is 7.10. The summed E-state index contributed by atoms with van der Waals surface area (Å²) in [7, 11) is 0. The molecule has 2 N–H and O–H groups in total. The van der Waals surface area contributed by atoms with E-state index in [-0.39, 0.29) is 6.04 Å². The van der Waals surface area contributed by atoms with E-state index in [9.17, 15) is 0 Å². The van der Waals surface area contributed by atoms with E-state index in [1.54, 1.807) is 0 Å². The number of unbranched alkanes of at least 4 members (excludes halogenated alkanes) is 1. The van der Waals surface area contributed by atoms with Crippen LogP contribution in [0.2, 0.25) is 0 Å². The van der Waals surface area contributed by atoms with Gasteiger partial charge < -0.3 is 5.73 Å². The summed E-state index contributed by atoms with van der Waals surface area (Å²) in [6.45, 7) is 2.22. The summed E-state index contributed by atoms with van der Waals surface area (Å²) in [6.07, 6.45) is 5.91. The fourth-order valence-corrected chi connectivity index (χ4v) is 3.17. The number of aryl methyl sites for hydroxylation is 2. The fourth-order valence-electron chi connectivity index (χ4n) is 3.17. The minimum atomic E-state index is 0.190. The molecule has 1 aliphatic carbocycles. The van der Waals surface area contributed by atoms with E-state index >= 15 is 0 Å². The molecule has 0 bridgehead atoms. The molecule has 94 valence electrons. The molecular weight excluding hydrogens is 218 g/mol. The Bertz CT molecular complexity index is 561. The van der Waals surface area contributed by atoms with Gasteiger partial charge in [0.05, 0.1) is 0 Å². The molecule has 0 heterocycles. The van der Waals surface area contributed by atoms with Gasteiger partial charge in [0.25, 0.3) is 0 Å². The lowest BCUT2D eigenvalue weighted by Gasteiger charge is -2.15. The van der Waals surface area contributed by atoms with E-state index in [0.717, 1.165) is 6.42 Å². The van der Waals surface area contributed by atoms with Crippen LogP contribution in [0.1, 0.15) is 48.9 Å². The molecule has 1 unspecified atom stereocenters. The molecule has 0 fully saturated rings. The average Bonchev–Trinajstić information content (AvgIpc) is 2.82. The van der Waals surface area contributed by atoms with Gasteiger partial charge in [-0.1, -0.05) is 50.1 Å². The molecule has 0 aliphatic heterocycles. The molecule has 1 nitrogen and oxygen atoms in total. The van der Waals surface area contributed by atoms with Crippen molar-refractivity contribution in [3.05, 3.63) is 47.0 Å². The highest BCUT2D eigenvalue weighted by atomic mass is 14.6. The van der Waals surface area contributed by atoms with Crippen molar-refractivity contribution >= 4 is 10.8 Å². The molecule has 18 heavy (non-hydrogen) atoms. The largest absolute Gasteiger partial charge is 0.324 e. The Morgan fingerprint density at radius 3 is 2.67 bits per heavy atom. The predicted octanol–water partition coefficient (Wildman–Crippen LogP) is 4.13. The van der Waals surface area contributed by atoms with Gasteiger partial charge in [0.1, 0.15) is 0 Å². The standard InChI is InChI=1S/C17H21N/c1-2-3-7-16(18)14-11-10-13-9-8-12-5-4-6-15(14)17(12)13/h4-6,10-11,16H,2-3,7-9,18H2,1H3. The van der Waals surface area contributed by atoms with Crippen LogP contribution in [0.25, 0.3) is 10.8 Å². The van der Waals surface area contributed by atoms with E-state index in [1.165, 1.54) is 53.1 Å². The topological polar surface area (TPSA) is 26.0 Å². The van der Waals surface area contributed by atoms with Gasteiger partial charge in [-0.3, -0.25) is 0 Å². The van der Waals surface area contributed by atoms with Gasteiger partial charge in [0, 0.05) is 6.04 Å². The van der Waals surface area contributed by atoms with Gasteiger partial charge >= 0.3 is 0 Å². The Kier molecular flexibility index (Phi) is 3.09. The van der Waals surface area contributed by atoms with E-state index in [4.69, 9.17) is 5.73 Å². The van der Waals surface area contributed by atoms with Crippen LogP contribution in [0.15, 0.2) is 30.3 Å². The highest BCUT2D eigenvalue weighted by Gasteiger charge is 2.17. The normalized spacial score (nSPS) is 15.2. The van der Waals surface area contributed by atoms with E-state index < -0.39 is 0 Å². The smallest absolute Gasteiger partial charge is 0.0301 e. The zero-order chi connectivity index (χ0) is 12.5. The lowest BCUT2D eigenvalue weighted by Crippen LogP contribution is -2.10. The van der Waals surface area contributed by atoms with Crippen molar-refractivity contribution in [3.63, 3.8) is 0 Å². The molecule has 0 amide bonds. The van der Waals surface area contributed by atoms with Crippen LogP contribution >= 0.6 is 0 Å². The van der Waals surface area contributed by atoms with Crippen LogP contribution < -0.4 is 5.73 Å². The third-order valence-electron chi connectivity index (χ3n) is 4.18. The zero-order valence-corrected chi connectivity index (χ0v) is 11.1. The van der Waals surface area contributed by atoms with Crippen molar-refractivity contribution in [1.82, 2.24) is 0 Å². The monoisotopic (exact) mass is 239 g/mol. The molecule has 0 radical (unpaired) electrons. The van der Waals surface area contributed by atoms with Gasteiger partial charge in [-0.05, 0) is 46.7 Å². The van der Waals surface area contributed by atoms with Crippen LogP contribution in [0.5, 0.6) is 0 Å². The molecule has 3 rings (SSSR count). The number of hydrogen-bond donors (Lipinski definition) is 1. The summed E-state index contributed by atoms with van der Waals surface area (Å²) >= 11 is 0. The number of nitrogens with two attached hydrogens (primary N) is 1. The summed E-state index contributed by atoms with van der Waals surface area (Å²) in [5.41, 5.74) is 10.7. The van der Waals surface area contributed by atoms with Gasteiger partial charge in [-0.15, -0.1) is 0 Å². The minimum Gasteiger partial charge on any atom is -0.324 e. The van der Waals surface area contributed by atoms with Gasteiger partial charge in [0.2, 0.25) is 0 Å². The molecule has 0 spiro atoms. The second kappa shape index (κ2) is 4.74. The average molecular weight is 239 g/mol. The summed E-state index contributed by atoms with van der Waals surface area (Å²) in [5, 5.41) is 2.88. The van der Waals surface area contributed by atoms with Crippen LogP contribution in [0.4, 0.5) is 0 Å². The molecule has 0 saturated heterocycles. The van der Waals surface area contributed by atoms with E-state index in [1.807, 2.05) is 0 Å². The Labute approximate surface area is 109 Å². The minimum absolute atomic E-state index is 0.190. The summed E-state index contributed by atoms with van der Waals surface area (Å²) in [5.74, 6) is 0. The van der Waals surface area contributed by atoms with Crippen molar-refractivity contribution in [2.24, 2.45) is 5.73 Å². The summed E-state index contributed by atoms with van der Waals surface area (Å²) < 4.78 is 0. The maximum absolute atomic E-state index is 6.37. The number of benzene rings is 2. The maximum atomic E-state index is 6.37. The molecule has 1 aliphatic rings. The Hall–Kier alpha value is -1.34. The molecule has 2 aromatic rings. The van der Waals surface area contributed by atoms with Crippen LogP contribution in [-0.4, -0.2) is 0 Å². The summed E-state index contributed by atoms with van der Waals surface area (Å²) in [4.78, 5) is 0. The fraction of sp³-hybridized carbons (Fsp3) is 0.412. The SMILES string of the molecule is CCCCC(N)c1ccc2c3c(cccc13)CC2. The third kappa shape index (κ3) is 1.83. The van der Waals surface area contributed by atoms with Gasteiger partial charge in [-0.2, -0.15) is 0 Å². The first kappa shape index (κ1) is 11.7. The third-order valence-corrected chi connectivity index (χ3v) is 4.18. The lowest BCUT2D eigenvalue weighted by atomic mass is 9.93. The lowest BCUT2D eigenvalue weighted by molar-refractivity contribution is 0.606. The number of hydrogen-bond acceptors (Lipinski definition) is 1. The van der Waals surface area contributed by atoms with Crippen molar-refractivity contribution in [3.8, 4) is 0 Å². The van der Waals surface area contributed by atoms with Gasteiger partial charge in [0.15, 0.2) is 0 Å². The first-order valence-electron chi connectivity index (χ1n) is 7.10. The quantitative estimate of drug-likeness (QED) is 0.853. The first-order chi connectivity index (χ1) is 8.81. The molecule has 0 saturated carbocycles. The second-order valence-electron chi connectivity index (χ2n) is 5.40. The van der Waals surface area contributed by atoms with Crippen molar-refractivity contribution in [2.45, 2.75) is 45.1 Å². The van der Waals surface area contributed by atoms with Crippen LogP contribution in [0.3, 0.4) is 0 Å². The van der Waals surface area contributed by atoms with Crippen molar-refractivity contribution in [1.29, 1.82) is 0 Å². The van der Waals surface area contributed by atoms with E-state index in [0.29, 0.717) is 0 Å². The highest BCUT2D eigenvalue weighted by molar-refractivity contribution is 5.93. The molecule has 0 aromatic heterocycles. The molecule has 1 atom stereocenters. The number of rotatable bonds is 4. The van der Waals surface area contributed by atoms with Gasteiger partial charge in [-0.25, -0.2) is 0 Å². The maximum Gasteiger partial charge on any atom is 0.0301 e. The van der Waals surface area contributed by atoms with Crippen LogP contribution in [-0.2, 0) is 12.8 Å².